The van der Waals surface area contributed by atoms with Crippen LogP contribution < -0.4 is 10.6 Å². The van der Waals surface area contributed by atoms with Crippen molar-refractivity contribution in [3.8, 4) is 6.07 Å². The third-order valence-electron chi connectivity index (χ3n) is 3.57. The molecule has 4 nitrogen and oxygen atoms in total. The van der Waals surface area contributed by atoms with Crippen LogP contribution in [0.4, 0.5) is 11.4 Å². The predicted octanol–water partition coefficient (Wildman–Crippen LogP) is 4.12. The molecule has 0 aliphatic carbocycles. The molecule has 118 valence electrons. The molecular weight excluding hydrogens is 286 g/mol. The number of rotatable bonds is 6. The van der Waals surface area contributed by atoms with Gasteiger partial charge in [-0.1, -0.05) is 44.2 Å². The second-order valence-electron chi connectivity index (χ2n) is 5.62. The summed E-state index contributed by atoms with van der Waals surface area (Å²) in [5.74, 6) is 0.317. The summed E-state index contributed by atoms with van der Waals surface area (Å²) in [5.41, 5.74) is 3.33. The van der Waals surface area contributed by atoms with Gasteiger partial charge in [0.1, 0.15) is 6.07 Å². The summed E-state index contributed by atoms with van der Waals surface area (Å²) in [5, 5.41) is 15.1. The number of anilines is 2. The van der Waals surface area contributed by atoms with Crippen LogP contribution in [0.5, 0.6) is 0 Å². The van der Waals surface area contributed by atoms with E-state index < -0.39 is 0 Å². The number of carbonyl (C=O) groups excluding carboxylic acids is 1. The van der Waals surface area contributed by atoms with Crippen LogP contribution in [0.3, 0.4) is 0 Å². The molecule has 23 heavy (non-hydrogen) atoms. The van der Waals surface area contributed by atoms with Gasteiger partial charge in [0.05, 0.1) is 11.3 Å². The minimum absolute atomic E-state index is 0.109. The number of benzene rings is 2. The molecule has 0 spiro atoms. The molecule has 0 aliphatic heterocycles. The Balaban J connectivity index is 1.90. The molecule has 2 aromatic rings. The van der Waals surface area contributed by atoms with Crippen molar-refractivity contribution in [2.45, 2.75) is 26.2 Å². The van der Waals surface area contributed by atoms with Gasteiger partial charge in [0.25, 0.3) is 0 Å². The number of nitrogens with zero attached hydrogens (tertiary/aromatic N) is 1. The molecular formula is C19H21N3O. The quantitative estimate of drug-likeness (QED) is 0.843. The summed E-state index contributed by atoms with van der Waals surface area (Å²) in [6.07, 6.45) is 0.339. The number of nitrogens with one attached hydrogen (secondary N) is 2. The van der Waals surface area contributed by atoms with Gasteiger partial charge in [-0.3, -0.25) is 4.79 Å². The van der Waals surface area contributed by atoms with Crippen molar-refractivity contribution in [1.29, 1.82) is 5.26 Å². The van der Waals surface area contributed by atoms with E-state index >= 15 is 0 Å². The maximum atomic E-state index is 12.0. The second-order valence-corrected chi connectivity index (χ2v) is 5.62. The van der Waals surface area contributed by atoms with Gasteiger partial charge in [0.2, 0.25) is 5.91 Å². The zero-order valence-electron chi connectivity index (χ0n) is 13.5. The van der Waals surface area contributed by atoms with Crippen molar-refractivity contribution < 1.29 is 4.79 Å². The Hall–Kier alpha value is -2.80. The lowest BCUT2D eigenvalue weighted by molar-refractivity contribution is -0.115. The minimum Gasteiger partial charge on any atom is -0.384 e. The second kappa shape index (κ2) is 8.00. The van der Waals surface area contributed by atoms with Gasteiger partial charge in [-0.2, -0.15) is 5.26 Å². The lowest BCUT2D eigenvalue weighted by Crippen LogP contribution is -2.17. The molecule has 2 rings (SSSR count). The van der Waals surface area contributed by atoms with Gasteiger partial charge in [0, 0.05) is 18.7 Å². The van der Waals surface area contributed by atoms with Crippen molar-refractivity contribution in [1.82, 2.24) is 0 Å². The first kappa shape index (κ1) is 16.6. The summed E-state index contributed by atoms with van der Waals surface area (Å²) in [4.78, 5) is 12.0. The summed E-state index contributed by atoms with van der Waals surface area (Å²) in [6, 6.07) is 17.2. The molecule has 0 saturated carbocycles. The maximum absolute atomic E-state index is 12.0. The molecule has 2 N–H and O–H groups in total. The lowest BCUT2D eigenvalue weighted by atomic mass is 10.0. The molecule has 0 atom stereocenters. The zero-order valence-corrected chi connectivity index (χ0v) is 13.5. The van der Waals surface area contributed by atoms with Crippen LogP contribution in [-0.2, 0) is 4.79 Å². The van der Waals surface area contributed by atoms with E-state index in [1.165, 1.54) is 5.56 Å². The minimum atomic E-state index is -0.109. The number of carbonyl (C=O) groups is 1. The van der Waals surface area contributed by atoms with E-state index in [-0.39, 0.29) is 5.91 Å². The average molecular weight is 307 g/mol. The fourth-order valence-electron chi connectivity index (χ4n) is 2.37. The standard InChI is InChI=1S/C19H21N3O/c1-14(2)16-8-4-6-10-18(16)21-12-11-19(23)22-17-9-5-3-7-15(17)13-20/h3-10,14,21H,11-12H2,1-2H3,(H,22,23). The average Bonchev–Trinajstić information content (AvgIpc) is 2.55. The van der Waals surface area contributed by atoms with Crippen molar-refractivity contribution >= 4 is 17.3 Å². The maximum Gasteiger partial charge on any atom is 0.226 e. The van der Waals surface area contributed by atoms with Gasteiger partial charge in [-0.15, -0.1) is 0 Å². The number of amides is 1. The van der Waals surface area contributed by atoms with E-state index in [0.29, 0.717) is 30.1 Å². The van der Waals surface area contributed by atoms with Crippen molar-refractivity contribution in [2.24, 2.45) is 0 Å². The van der Waals surface area contributed by atoms with Crippen LogP contribution in [0.15, 0.2) is 48.5 Å². The van der Waals surface area contributed by atoms with E-state index in [4.69, 9.17) is 5.26 Å². The molecule has 0 fully saturated rings. The van der Waals surface area contributed by atoms with Crippen molar-refractivity contribution in [2.75, 3.05) is 17.2 Å². The van der Waals surface area contributed by atoms with E-state index in [1.807, 2.05) is 18.2 Å². The number of nitriles is 1. The van der Waals surface area contributed by atoms with Crippen LogP contribution in [0.2, 0.25) is 0 Å². The Morgan fingerprint density at radius 2 is 1.74 bits per heavy atom. The molecule has 0 radical (unpaired) electrons. The van der Waals surface area contributed by atoms with Gasteiger partial charge in [0.15, 0.2) is 0 Å². The topological polar surface area (TPSA) is 64.9 Å². The van der Waals surface area contributed by atoms with Crippen LogP contribution in [-0.4, -0.2) is 12.5 Å². The van der Waals surface area contributed by atoms with Gasteiger partial charge in [-0.05, 0) is 29.7 Å². The Morgan fingerprint density at radius 1 is 1.09 bits per heavy atom. The zero-order chi connectivity index (χ0) is 16.7. The molecule has 0 unspecified atom stereocenters. The highest BCUT2D eigenvalue weighted by Gasteiger charge is 2.08. The molecule has 0 heterocycles. The molecule has 0 aliphatic rings. The van der Waals surface area contributed by atoms with Gasteiger partial charge < -0.3 is 10.6 Å². The lowest BCUT2D eigenvalue weighted by Gasteiger charge is -2.14. The predicted molar refractivity (Wildman–Crippen MR) is 93.4 cm³/mol. The first-order valence-corrected chi connectivity index (χ1v) is 7.73. The van der Waals surface area contributed by atoms with Gasteiger partial charge in [-0.25, -0.2) is 0 Å². The Kier molecular flexibility index (Phi) is 5.76. The van der Waals surface area contributed by atoms with E-state index in [9.17, 15) is 4.79 Å². The summed E-state index contributed by atoms with van der Waals surface area (Å²) in [7, 11) is 0. The first-order valence-electron chi connectivity index (χ1n) is 7.73. The molecule has 0 aromatic heterocycles. The monoisotopic (exact) mass is 307 g/mol. The highest BCUT2D eigenvalue weighted by Crippen LogP contribution is 2.23. The van der Waals surface area contributed by atoms with Crippen molar-refractivity contribution in [3.05, 3.63) is 59.7 Å². The third-order valence-corrected chi connectivity index (χ3v) is 3.57. The molecule has 2 aromatic carbocycles. The fraction of sp³-hybridized carbons (Fsp3) is 0.263. The highest BCUT2D eigenvalue weighted by atomic mass is 16.1. The highest BCUT2D eigenvalue weighted by molar-refractivity contribution is 5.92. The SMILES string of the molecule is CC(C)c1ccccc1NCCC(=O)Nc1ccccc1C#N. The number of para-hydroxylation sites is 2. The molecule has 1 amide bonds. The third kappa shape index (κ3) is 4.58. The largest absolute Gasteiger partial charge is 0.384 e. The first-order chi connectivity index (χ1) is 11.1. The Bertz CT molecular complexity index is 717. The Morgan fingerprint density at radius 3 is 2.43 bits per heavy atom. The normalized spacial score (nSPS) is 10.2. The Labute approximate surface area is 137 Å². The van der Waals surface area contributed by atoms with E-state index in [2.05, 4.69) is 36.6 Å². The van der Waals surface area contributed by atoms with Gasteiger partial charge >= 0.3 is 0 Å². The summed E-state index contributed by atoms with van der Waals surface area (Å²) >= 11 is 0. The van der Waals surface area contributed by atoms with Crippen LogP contribution in [0, 0.1) is 11.3 Å². The summed E-state index contributed by atoms with van der Waals surface area (Å²) < 4.78 is 0. The van der Waals surface area contributed by atoms with Crippen LogP contribution in [0.1, 0.15) is 37.3 Å². The van der Waals surface area contributed by atoms with E-state index in [1.54, 1.807) is 24.3 Å². The number of hydrogen-bond donors (Lipinski definition) is 2. The molecule has 0 saturated heterocycles. The summed E-state index contributed by atoms with van der Waals surface area (Å²) in [6.45, 7) is 4.84. The van der Waals surface area contributed by atoms with E-state index in [0.717, 1.165) is 5.69 Å². The smallest absolute Gasteiger partial charge is 0.226 e. The fourth-order valence-corrected chi connectivity index (χ4v) is 2.37. The molecule has 4 heteroatoms. The van der Waals surface area contributed by atoms with Crippen LogP contribution >= 0.6 is 0 Å². The van der Waals surface area contributed by atoms with Crippen LogP contribution in [0.25, 0.3) is 0 Å². The molecule has 0 bridgehead atoms. The van der Waals surface area contributed by atoms with Crippen molar-refractivity contribution in [3.63, 3.8) is 0 Å². The number of hydrogen-bond acceptors (Lipinski definition) is 3.